The van der Waals surface area contributed by atoms with Crippen molar-refractivity contribution in [3.05, 3.63) is 11.6 Å². The zero-order valence-electron chi connectivity index (χ0n) is 8.52. The number of amides is 2. The molecule has 16 heavy (non-hydrogen) atoms. The predicted octanol–water partition coefficient (Wildman–Crippen LogP) is -0.0317. The van der Waals surface area contributed by atoms with Crippen molar-refractivity contribution < 1.29 is 19.8 Å². The molecule has 1 fully saturated rings. The molecule has 0 aromatic rings. The highest BCUT2D eigenvalue weighted by Crippen LogP contribution is 2.18. The molecule has 90 valence electrons. The molecular weight excluding hydrogens is 236 g/mol. The van der Waals surface area contributed by atoms with Gasteiger partial charge < -0.3 is 20.4 Å². The number of halogens is 1. The van der Waals surface area contributed by atoms with Gasteiger partial charge in [0.2, 0.25) is 0 Å². The van der Waals surface area contributed by atoms with Gasteiger partial charge in [-0.25, -0.2) is 9.59 Å². The van der Waals surface area contributed by atoms with Crippen LogP contribution in [0.3, 0.4) is 0 Å². The number of carboxylic acids is 1. The second-order valence-corrected chi connectivity index (χ2v) is 4.11. The van der Waals surface area contributed by atoms with Crippen LogP contribution < -0.4 is 5.32 Å². The van der Waals surface area contributed by atoms with Crippen molar-refractivity contribution in [3.8, 4) is 0 Å². The van der Waals surface area contributed by atoms with Crippen LogP contribution >= 0.6 is 11.6 Å². The van der Waals surface area contributed by atoms with Gasteiger partial charge in [-0.1, -0.05) is 18.2 Å². The smallest absolute Gasteiger partial charge is 0.326 e. The van der Waals surface area contributed by atoms with E-state index in [1.54, 1.807) is 0 Å². The van der Waals surface area contributed by atoms with Gasteiger partial charge in [-0.05, 0) is 0 Å². The minimum atomic E-state index is -1.13. The van der Waals surface area contributed by atoms with Crippen molar-refractivity contribution in [3.63, 3.8) is 0 Å². The number of carboxylic acid groups (broad SMARTS) is 1. The Morgan fingerprint density at radius 2 is 2.19 bits per heavy atom. The lowest BCUT2D eigenvalue weighted by atomic mass is 10.2. The summed E-state index contributed by atoms with van der Waals surface area (Å²) in [7, 11) is 0. The van der Waals surface area contributed by atoms with Gasteiger partial charge in [-0.15, -0.1) is 0 Å². The average Bonchev–Trinajstić information content (AvgIpc) is 2.56. The molecule has 0 aliphatic carbocycles. The van der Waals surface area contributed by atoms with Crippen molar-refractivity contribution >= 4 is 23.6 Å². The fourth-order valence-electron chi connectivity index (χ4n) is 1.55. The third-order valence-corrected chi connectivity index (χ3v) is 2.39. The van der Waals surface area contributed by atoms with Crippen molar-refractivity contribution in [1.29, 1.82) is 0 Å². The number of likely N-dealkylation sites (tertiary alicyclic amines) is 1. The van der Waals surface area contributed by atoms with Gasteiger partial charge in [0, 0.05) is 18.0 Å². The molecule has 1 saturated heterocycles. The number of nitrogens with zero attached hydrogens (tertiary/aromatic N) is 1. The zero-order chi connectivity index (χ0) is 12.3. The van der Waals surface area contributed by atoms with Crippen LogP contribution in [0.2, 0.25) is 0 Å². The first-order chi connectivity index (χ1) is 7.41. The number of aliphatic carboxylic acids is 1. The van der Waals surface area contributed by atoms with E-state index >= 15 is 0 Å². The predicted molar refractivity (Wildman–Crippen MR) is 57.1 cm³/mol. The molecule has 6 nitrogen and oxygen atoms in total. The molecule has 0 aromatic carbocycles. The zero-order valence-corrected chi connectivity index (χ0v) is 9.28. The summed E-state index contributed by atoms with van der Waals surface area (Å²) in [6.45, 7) is 3.47. The van der Waals surface area contributed by atoms with E-state index in [1.807, 2.05) is 0 Å². The molecule has 1 rings (SSSR count). The maximum absolute atomic E-state index is 11.6. The highest BCUT2D eigenvalue weighted by Gasteiger charge is 2.38. The minimum Gasteiger partial charge on any atom is -0.480 e. The highest BCUT2D eigenvalue weighted by atomic mass is 35.5. The van der Waals surface area contributed by atoms with Gasteiger partial charge >= 0.3 is 12.0 Å². The summed E-state index contributed by atoms with van der Waals surface area (Å²) in [5.41, 5.74) is 0. The van der Waals surface area contributed by atoms with Gasteiger partial charge in [0.1, 0.15) is 6.04 Å². The lowest BCUT2D eigenvalue weighted by Gasteiger charge is -2.21. The van der Waals surface area contributed by atoms with Gasteiger partial charge in [0.25, 0.3) is 0 Å². The summed E-state index contributed by atoms with van der Waals surface area (Å²) >= 11 is 5.46. The first kappa shape index (κ1) is 12.8. The van der Waals surface area contributed by atoms with E-state index < -0.39 is 24.1 Å². The number of aliphatic hydroxyl groups is 1. The van der Waals surface area contributed by atoms with Gasteiger partial charge in [0.05, 0.1) is 12.6 Å². The van der Waals surface area contributed by atoms with Crippen LogP contribution in [-0.4, -0.2) is 52.3 Å². The fourth-order valence-corrected chi connectivity index (χ4v) is 1.61. The van der Waals surface area contributed by atoms with Crippen LogP contribution in [0.4, 0.5) is 4.79 Å². The van der Waals surface area contributed by atoms with Crippen LogP contribution in [0, 0.1) is 0 Å². The Hall–Kier alpha value is -1.27. The minimum absolute atomic E-state index is 0.0115. The Morgan fingerprint density at radius 1 is 1.56 bits per heavy atom. The SMILES string of the molecule is C=C(Cl)CNC(=O)N1CC(O)CC1C(=O)O. The molecule has 2 atom stereocenters. The Morgan fingerprint density at radius 3 is 2.69 bits per heavy atom. The molecule has 0 bridgehead atoms. The lowest BCUT2D eigenvalue weighted by Crippen LogP contribution is -2.46. The van der Waals surface area contributed by atoms with Gasteiger partial charge in [-0.2, -0.15) is 0 Å². The van der Waals surface area contributed by atoms with Crippen molar-refractivity contribution in [2.45, 2.75) is 18.6 Å². The third kappa shape index (κ3) is 3.11. The molecule has 2 unspecified atom stereocenters. The first-order valence-electron chi connectivity index (χ1n) is 4.70. The molecule has 1 heterocycles. The molecule has 0 aromatic heterocycles. The molecular formula is C9H13ClN2O4. The number of urea groups is 1. The first-order valence-corrected chi connectivity index (χ1v) is 5.08. The number of carbonyl (C=O) groups excluding carboxylic acids is 1. The highest BCUT2D eigenvalue weighted by molar-refractivity contribution is 6.29. The van der Waals surface area contributed by atoms with Crippen molar-refractivity contribution in [2.24, 2.45) is 0 Å². The topological polar surface area (TPSA) is 89.9 Å². The van der Waals surface area contributed by atoms with E-state index in [4.69, 9.17) is 16.7 Å². The fraction of sp³-hybridized carbons (Fsp3) is 0.556. The van der Waals surface area contributed by atoms with Crippen molar-refractivity contribution in [1.82, 2.24) is 10.2 Å². The Kier molecular flexibility index (Phi) is 4.14. The molecule has 2 amide bonds. The normalized spacial score (nSPS) is 24.2. The Balaban J connectivity index is 2.59. The van der Waals surface area contributed by atoms with E-state index in [0.29, 0.717) is 0 Å². The number of aliphatic hydroxyl groups excluding tert-OH is 1. The van der Waals surface area contributed by atoms with E-state index in [1.165, 1.54) is 0 Å². The summed E-state index contributed by atoms with van der Waals surface area (Å²) < 4.78 is 0. The second-order valence-electron chi connectivity index (χ2n) is 3.57. The van der Waals surface area contributed by atoms with E-state index in [9.17, 15) is 14.7 Å². The summed E-state index contributed by atoms with van der Waals surface area (Å²) in [4.78, 5) is 23.5. The largest absolute Gasteiger partial charge is 0.480 e. The quantitative estimate of drug-likeness (QED) is 0.654. The van der Waals surface area contributed by atoms with E-state index in [2.05, 4.69) is 11.9 Å². The van der Waals surface area contributed by atoms with Crippen LogP contribution in [0.15, 0.2) is 11.6 Å². The van der Waals surface area contributed by atoms with Crippen LogP contribution in [0.5, 0.6) is 0 Å². The van der Waals surface area contributed by atoms with Gasteiger partial charge in [0.15, 0.2) is 0 Å². The van der Waals surface area contributed by atoms with E-state index in [0.717, 1.165) is 4.90 Å². The monoisotopic (exact) mass is 248 g/mol. The average molecular weight is 249 g/mol. The molecule has 7 heteroatoms. The van der Waals surface area contributed by atoms with Crippen LogP contribution in [0.25, 0.3) is 0 Å². The number of hydrogen-bond donors (Lipinski definition) is 3. The lowest BCUT2D eigenvalue weighted by molar-refractivity contribution is -0.141. The standard InChI is InChI=1S/C9H13ClN2O4/c1-5(10)3-11-9(16)12-4-6(13)2-7(12)8(14)15/h6-7,13H,1-4H2,(H,11,16)(H,14,15). The Labute approximate surface area is 97.5 Å². The second kappa shape index (κ2) is 5.18. The summed E-state index contributed by atoms with van der Waals surface area (Å²) in [6.07, 6.45) is -0.754. The molecule has 0 saturated carbocycles. The van der Waals surface area contributed by atoms with Crippen molar-refractivity contribution in [2.75, 3.05) is 13.1 Å². The summed E-state index contributed by atoms with van der Waals surface area (Å²) in [5.74, 6) is -1.13. The number of rotatable bonds is 3. The summed E-state index contributed by atoms with van der Waals surface area (Å²) in [6, 6.07) is -1.55. The molecule has 0 spiro atoms. The molecule has 3 N–H and O–H groups in total. The van der Waals surface area contributed by atoms with Crippen LogP contribution in [0.1, 0.15) is 6.42 Å². The number of carbonyl (C=O) groups is 2. The number of hydrogen-bond acceptors (Lipinski definition) is 3. The molecule has 1 aliphatic rings. The maximum Gasteiger partial charge on any atom is 0.326 e. The third-order valence-electron chi connectivity index (χ3n) is 2.26. The Bertz CT molecular complexity index is 321. The maximum atomic E-state index is 11.6. The number of nitrogens with one attached hydrogen (secondary N) is 1. The molecule has 1 aliphatic heterocycles. The van der Waals surface area contributed by atoms with Crippen LogP contribution in [-0.2, 0) is 4.79 Å². The van der Waals surface area contributed by atoms with E-state index in [-0.39, 0.29) is 24.5 Å². The van der Waals surface area contributed by atoms with Gasteiger partial charge in [-0.3, -0.25) is 0 Å². The summed E-state index contributed by atoms with van der Waals surface area (Å²) in [5, 5.41) is 20.8. The molecule has 0 radical (unpaired) electrons. The number of β-amino-alcohol motifs (C(OH)–C–C–N with tert-alkyl or cyclic N) is 1.